The average Bonchev–Trinajstić information content (AvgIpc) is 2.76. The van der Waals surface area contributed by atoms with Crippen molar-refractivity contribution in [2.45, 2.75) is 37.9 Å². The predicted molar refractivity (Wildman–Crippen MR) is 87.2 cm³/mol. The van der Waals surface area contributed by atoms with E-state index in [4.69, 9.17) is 0 Å². The van der Waals surface area contributed by atoms with Gasteiger partial charge in [0.05, 0.1) is 12.8 Å². The van der Waals surface area contributed by atoms with Crippen LogP contribution in [0, 0.1) is 5.92 Å². The number of hydrogen-bond acceptors (Lipinski definition) is 4. The molecule has 2 aliphatic heterocycles. The average molecular weight is 378 g/mol. The molecule has 2 rings (SSSR count). The fraction of sp³-hybridized carbons (Fsp3) is 0.812. The zero-order valence-electron chi connectivity index (χ0n) is 15.0. The van der Waals surface area contributed by atoms with E-state index in [1.165, 1.54) is 19.0 Å². The molecule has 0 aliphatic carbocycles. The highest BCUT2D eigenvalue weighted by atomic mass is 19.4. The van der Waals surface area contributed by atoms with Crippen LogP contribution >= 0.6 is 0 Å². The molecular weight excluding hydrogens is 353 g/mol. The molecule has 0 saturated carbocycles. The van der Waals surface area contributed by atoms with Crippen LogP contribution in [0.3, 0.4) is 0 Å². The molecule has 1 N–H and O–H groups in total. The number of carbonyl (C=O) groups is 3. The largest absolute Gasteiger partial charge is 0.390 e. The quantitative estimate of drug-likeness (QED) is 0.702. The van der Waals surface area contributed by atoms with Crippen LogP contribution in [0.15, 0.2) is 0 Å². The predicted octanol–water partition coefficient (Wildman–Crippen LogP) is 1.05. The van der Waals surface area contributed by atoms with Gasteiger partial charge in [-0.25, -0.2) is 4.79 Å². The SMILES string of the molecule is CN1C(=O)C(CC(=O)NCC2CCN(CCC(F)(F)F)CC2)N(C)C1=O. The Morgan fingerprint density at radius 2 is 1.81 bits per heavy atom. The number of halogens is 3. The number of amides is 4. The fourth-order valence-corrected chi connectivity index (χ4v) is 3.28. The van der Waals surface area contributed by atoms with Gasteiger partial charge < -0.3 is 15.1 Å². The fourth-order valence-electron chi connectivity index (χ4n) is 3.28. The third-order valence-corrected chi connectivity index (χ3v) is 5.06. The van der Waals surface area contributed by atoms with Gasteiger partial charge in [0.2, 0.25) is 5.91 Å². The number of imide groups is 1. The molecule has 2 aliphatic rings. The summed E-state index contributed by atoms with van der Waals surface area (Å²) in [4.78, 5) is 39.7. The Morgan fingerprint density at radius 1 is 1.19 bits per heavy atom. The summed E-state index contributed by atoms with van der Waals surface area (Å²) in [6.07, 6.45) is -3.57. The van der Waals surface area contributed by atoms with Gasteiger partial charge in [0.25, 0.3) is 5.91 Å². The van der Waals surface area contributed by atoms with Crippen molar-refractivity contribution in [3.05, 3.63) is 0 Å². The second-order valence-corrected chi connectivity index (χ2v) is 6.96. The molecule has 148 valence electrons. The van der Waals surface area contributed by atoms with Crippen molar-refractivity contribution in [1.29, 1.82) is 0 Å². The van der Waals surface area contributed by atoms with E-state index < -0.39 is 30.6 Å². The number of nitrogens with one attached hydrogen (secondary N) is 1. The molecule has 7 nitrogen and oxygen atoms in total. The molecule has 0 radical (unpaired) electrons. The minimum atomic E-state index is -4.13. The van der Waals surface area contributed by atoms with Crippen molar-refractivity contribution in [3.8, 4) is 0 Å². The maximum absolute atomic E-state index is 12.2. The van der Waals surface area contributed by atoms with Gasteiger partial charge in [-0.15, -0.1) is 0 Å². The van der Waals surface area contributed by atoms with E-state index in [9.17, 15) is 27.6 Å². The van der Waals surface area contributed by atoms with Crippen molar-refractivity contribution >= 4 is 17.8 Å². The Hall–Kier alpha value is -1.84. The monoisotopic (exact) mass is 378 g/mol. The molecule has 0 aromatic heterocycles. The van der Waals surface area contributed by atoms with E-state index in [0.717, 1.165) is 17.7 Å². The topological polar surface area (TPSA) is 73.0 Å². The lowest BCUT2D eigenvalue weighted by molar-refractivity contribution is -0.138. The van der Waals surface area contributed by atoms with E-state index in [-0.39, 0.29) is 24.8 Å². The summed E-state index contributed by atoms with van der Waals surface area (Å²) in [6.45, 7) is 1.61. The Morgan fingerprint density at radius 3 is 2.31 bits per heavy atom. The van der Waals surface area contributed by atoms with Crippen molar-refractivity contribution in [3.63, 3.8) is 0 Å². The molecule has 10 heteroatoms. The summed E-state index contributed by atoms with van der Waals surface area (Å²) in [7, 11) is 2.87. The normalized spacial score (nSPS) is 23.0. The molecule has 0 aromatic carbocycles. The van der Waals surface area contributed by atoms with Gasteiger partial charge in [-0.2, -0.15) is 13.2 Å². The summed E-state index contributed by atoms with van der Waals surface area (Å²) in [6, 6.07) is -1.21. The molecule has 4 amide bonds. The van der Waals surface area contributed by atoms with Gasteiger partial charge in [0.15, 0.2) is 0 Å². The summed E-state index contributed by atoms with van der Waals surface area (Å²) in [5, 5.41) is 2.77. The summed E-state index contributed by atoms with van der Waals surface area (Å²) in [5.41, 5.74) is 0. The Bertz CT molecular complexity index is 547. The number of alkyl halides is 3. The molecule has 1 unspecified atom stereocenters. The van der Waals surface area contributed by atoms with Crippen LogP contribution in [-0.4, -0.2) is 85.0 Å². The maximum atomic E-state index is 12.2. The zero-order valence-corrected chi connectivity index (χ0v) is 15.0. The van der Waals surface area contributed by atoms with Crippen LogP contribution in [0.1, 0.15) is 25.7 Å². The van der Waals surface area contributed by atoms with Crippen LogP contribution < -0.4 is 5.32 Å². The van der Waals surface area contributed by atoms with Crippen LogP contribution in [-0.2, 0) is 9.59 Å². The lowest BCUT2D eigenvalue weighted by Crippen LogP contribution is -2.41. The first-order valence-electron chi connectivity index (χ1n) is 8.68. The van der Waals surface area contributed by atoms with Gasteiger partial charge in [-0.3, -0.25) is 14.5 Å². The van der Waals surface area contributed by atoms with Crippen molar-refractivity contribution in [2.24, 2.45) is 5.92 Å². The third kappa shape index (κ3) is 5.33. The van der Waals surface area contributed by atoms with Crippen molar-refractivity contribution in [2.75, 3.05) is 40.3 Å². The number of urea groups is 1. The van der Waals surface area contributed by atoms with Gasteiger partial charge in [0.1, 0.15) is 6.04 Å². The van der Waals surface area contributed by atoms with Crippen LogP contribution in [0.2, 0.25) is 0 Å². The highest BCUT2D eigenvalue weighted by molar-refractivity contribution is 6.05. The zero-order chi connectivity index (χ0) is 19.5. The van der Waals surface area contributed by atoms with Crippen molar-refractivity contribution < 1.29 is 27.6 Å². The third-order valence-electron chi connectivity index (χ3n) is 5.06. The van der Waals surface area contributed by atoms with Crippen LogP contribution in [0.4, 0.5) is 18.0 Å². The second-order valence-electron chi connectivity index (χ2n) is 6.96. The first kappa shape index (κ1) is 20.5. The van der Waals surface area contributed by atoms with Crippen LogP contribution in [0.25, 0.3) is 0 Å². The number of hydrogen-bond donors (Lipinski definition) is 1. The van der Waals surface area contributed by atoms with Crippen molar-refractivity contribution in [1.82, 2.24) is 20.0 Å². The van der Waals surface area contributed by atoms with E-state index in [1.807, 2.05) is 0 Å². The highest BCUT2D eigenvalue weighted by Gasteiger charge is 2.41. The summed E-state index contributed by atoms with van der Waals surface area (Å²) >= 11 is 0. The Labute approximate surface area is 150 Å². The molecule has 2 saturated heterocycles. The van der Waals surface area contributed by atoms with E-state index in [1.54, 1.807) is 4.90 Å². The Kier molecular flexibility index (Phi) is 6.48. The minimum absolute atomic E-state index is 0.0141. The van der Waals surface area contributed by atoms with E-state index in [2.05, 4.69) is 5.32 Å². The van der Waals surface area contributed by atoms with Gasteiger partial charge in [-0.1, -0.05) is 0 Å². The molecular formula is C16H25F3N4O3. The highest BCUT2D eigenvalue weighted by Crippen LogP contribution is 2.22. The molecule has 0 aromatic rings. The van der Waals surface area contributed by atoms with Gasteiger partial charge in [-0.05, 0) is 31.8 Å². The molecule has 0 spiro atoms. The first-order valence-corrected chi connectivity index (χ1v) is 8.68. The minimum Gasteiger partial charge on any atom is -0.356 e. The number of piperidine rings is 1. The van der Waals surface area contributed by atoms with Gasteiger partial charge in [0, 0.05) is 27.2 Å². The molecule has 2 fully saturated rings. The molecule has 2 heterocycles. The number of carbonyl (C=O) groups excluding carboxylic acids is 3. The molecule has 0 bridgehead atoms. The van der Waals surface area contributed by atoms with E-state index in [0.29, 0.717) is 19.6 Å². The lowest BCUT2D eigenvalue weighted by Gasteiger charge is -2.32. The maximum Gasteiger partial charge on any atom is 0.390 e. The van der Waals surface area contributed by atoms with Crippen LogP contribution in [0.5, 0.6) is 0 Å². The summed E-state index contributed by atoms with van der Waals surface area (Å²) in [5.74, 6) is -0.495. The lowest BCUT2D eigenvalue weighted by atomic mass is 9.96. The first-order chi connectivity index (χ1) is 12.1. The smallest absolute Gasteiger partial charge is 0.356 e. The number of likely N-dealkylation sites (N-methyl/N-ethyl adjacent to an activating group) is 2. The molecule has 26 heavy (non-hydrogen) atoms. The molecule has 1 atom stereocenters. The van der Waals surface area contributed by atoms with Gasteiger partial charge >= 0.3 is 12.2 Å². The van der Waals surface area contributed by atoms with E-state index >= 15 is 0 Å². The number of rotatable bonds is 6. The second kappa shape index (κ2) is 8.24. The standard InChI is InChI=1S/C16H25F3N4O3/c1-21-12(14(25)22(2)15(21)26)9-13(24)20-10-11-3-6-23(7-4-11)8-5-16(17,18)19/h11-12H,3-10H2,1-2H3,(H,20,24). The number of likely N-dealkylation sites (tertiary alicyclic amines) is 1. The summed E-state index contributed by atoms with van der Waals surface area (Å²) < 4.78 is 36.7. The Balaban J connectivity index is 1.68. The number of nitrogens with zero attached hydrogens (tertiary/aromatic N) is 3.